The van der Waals surface area contributed by atoms with Gasteiger partial charge in [-0.1, -0.05) is 29.3 Å². The molecule has 1 aromatic carbocycles. The highest BCUT2D eigenvalue weighted by Crippen LogP contribution is 2.43. The van der Waals surface area contributed by atoms with Crippen molar-refractivity contribution >= 4 is 52.2 Å². The fourth-order valence-electron chi connectivity index (χ4n) is 2.60. The SMILES string of the molecule is COc1ccc(C2SCCN2C(=O)c2cc(Cl)sc2Cl)cc1OC. The molecule has 1 aliphatic heterocycles. The summed E-state index contributed by atoms with van der Waals surface area (Å²) in [6.45, 7) is 0.659. The van der Waals surface area contributed by atoms with Crippen LogP contribution in [0, 0.1) is 0 Å². The van der Waals surface area contributed by atoms with Crippen LogP contribution in [0.2, 0.25) is 8.67 Å². The maximum atomic E-state index is 12.9. The number of nitrogens with zero attached hydrogens (tertiary/aromatic N) is 1. The van der Waals surface area contributed by atoms with Crippen LogP contribution in [0.25, 0.3) is 0 Å². The molecule has 8 heteroatoms. The number of ether oxygens (including phenoxy) is 2. The van der Waals surface area contributed by atoms with Crippen LogP contribution >= 0.6 is 46.3 Å². The Morgan fingerprint density at radius 1 is 1.21 bits per heavy atom. The van der Waals surface area contributed by atoms with Crippen LogP contribution in [-0.2, 0) is 0 Å². The number of methoxy groups -OCH3 is 2. The molecule has 1 unspecified atom stereocenters. The standard InChI is InChI=1S/C16H15Cl2NO3S2/c1-21-11-4-3-9(7-12(11)22-2)16-19(5-6-23-16)15(20)10-8-13(17)24-14(10)18/h3-4,7-8,16H,5-6H2,1-2H3. The summed E-state index contributed by atoms with van der Waals surface area (Å²) in [6, 6.07) is 7.34. The molecule has 24 heavy (non-hydrogen) atoms. The normalized spacial score (nSPS) is 17.2. The zero-order valence-corrected chi connectivity index (χ0v) is 16.2. The first-order chi connectivity index (χ1) is 11.5. The molecule has 128 valence electrons. The van der Waals surface area contributed by atoms with Crippen LogP contribution in [0.15, 0.2) is 24.3 Å². The quantitative estimate of drug-likeness (QED) is 0.722. The van der Waals surface area contributed by atoms with Gasteiger partial charge in [-0.25, -0.2) is 0 Å². The summed E-state index contributed by atoms with van der Waals surface area (Å²) in [5.41, 5.74) is 1.44. The minimum Gasteiger partial charge on any atom is -0.493 e. The first kappa shape index (κ1) is 17.7. The number of benzene rings is 1. The number of amides is 1. The number of hydrogen-bond acceptors (Lipinski definition) is 5. The van der Waals surface area contributed by atoms with Gasteiger partial charge in [0.1, 0.15) is 9.71 Å². The largest absolute Gasteiger partial charge is 0.493 e. The van der Waals surface area contributed by atoms with Gasteiger partial charge in [0.2, 0.25) is 0 Å². The van der Waals surface area contributed by atoms with Gasteiger partial charge in [0.05, 0.1) is 24.1 Å². The van der Waals surface area contributed by atoms with Crippen LogP contribution in [0.1, 0.15) is 21.3 Å². The van der Waals surface area contributed by atoms with E-state index in [-0.39, 0.29) is 11.3 Å². The lowest BCUT2D eigenvalue weighted by atomic mass is 10.1. The zero-order valence-electron chi connectivity index (χ0n) is 13.0. The maximum absolute atomic E-state index is 12.9. The topological polar surface area (TPSA) is 38.8 Å². The summed E-state index contributed by atoms with van der Waals surface area (Å²) in [7, 11) is 3.19. The fraction of sp³-hybridized carbons (Fsp3) is 0.312. The van der Waals surface area contributed by atoms with Gasteiger partial charge in [0, 0.05) is 12.3 Å². The summed E-state index contributed by atoms with van der Waals surface area (Å²) in [4.78, 5) is 14.7. The molecule has 0 radical (unpaired) electrons. The molecule has 1 atom stereocenters. The van der Waals surface area contributed by atoms with Crippen molar-refractivity contribution in [3.63, 3.8) is 0 Å². The predicted molar refractivity (Wildman–Crippen MR) is 100 cm³/mol. The third-order valence-electron chi connectivity index (χ3n) is 3.73. The van der Waals surface area contributed by atoms with Gasteiger partial charge in [-0.2, -0.15) is 0 Å². The highest BCUT2D eigenvalue weighted by Gasteiger charge is 2.33. The van der Waals surface area contributed by atoms with E-state index in [2.05, 4.69) is 0 Å². The number of halogens is 2. The number of hydrogen-bond donors (Lipinski definition) is 0. The van der Waals surface area contributed by atoms with Crippen LogP contribution in [-0.4, -0.2) is 37.3 Å². The second-order valence-electron chi connectivity index (χ2n) is 5.07. The summed E-state index contributed by atoms with van der Waals surface area (Å²) >= 11 is 15.0. The minimum atomic E-state index is -0.104. The summed E-state index contributed by atoms with van der Waals surface area (Å²) in [5.74, 6) is 2.06. The summed E-state index contributed by atoms with van der Waals surface area (Å²) in [6.07, 6.45) is 0. The lowest BCUT2D eigenvalue weighted by Gasteiger charge is -2.24. The van der Waals surface area contributed by atoms with Gasteiger partial charge in [0.15, 0.2) is 11.5 Å². The summed E-state index contributed by atoms with van der Waals surface area (Å²) < 4.78 is 11.6. The lowest BCUT2D eigenvalue weighted by molar-refractivity contribution is 0.0761. The van der Waals surface area contributed by atoms with E-state index in [1.807, 2.05) is 23.1 Å². The first-order valence-corrected chi connectivity index (χ1v) is 9.76. The third-order valence-corrected chi connectivity index (χ3v) is 6.48. The molecular formula is C16H15Cl2NO3S2. The van der Waals surface area contributed by atoms with Crippen LogP contribution in [0.5, 0.6) is 11.5 Å². The average Bonchev–Trinajstić information content (AvgIpc) is 3.19. The van der Waals surface area contributed by atoms with E-state index < -0.39 is 0 Å². The highest BCUT2D eigenvalue weighted by molar-refractivity contribution is 7.99. The highest BCUT2D eigenvalue weighted by atomic mass is 35.5. The molecule has 1 amide bonds. The molecule has 0 spiro atoms. The number of rotatable bonds is 4. The van der Waals surface area contributed by atoms with Crippen molar-refractivity contribution in [2.24, 2.45) is 0 Å². The summed E-state index contributed by atoms with van der Waals surface area (Å²) in [5, 5.41) is -0.0907. The second kappa shape index (κ2) is 7.44. The molecule has 1 fully saturated rings. The minimum absolute atomic E-state index is 0.0907. The van der Waals surface area contributed by atoms with Gasteiger partial charge >= 0.3 is 0 Å². The smallest absolute Gasteiger partial charge is 0.257 e. The van der Waals surface area contributed by atoms with Gasteiger partial charge in [-0.05, 0) is 23.8 Å². The van der Waals surface area contributed by atoms with E-state index in [0.717, 1.165) is 11.3 Å². The zero-order chi connectivity index (χ0) is 17.3. The Hall–Kier alpha value is -1.08. The number of thioether (sulfide) groups is 1. The van der Waals surface area contributed by atoms with Crippen molar-refractivity contribution in [1.29, 1.82) is 0 Å². The maximum Gasteiger partial charge on any atom is 0.257 e. The fourth-order valence-corrected chi connectivity index (χ4v) is 5.29. The Kier molecular flexibility index (Phi) is 5.49. The molecule has 0 aliphatic carbocycles. The number of carbonyl (C=O) groups is 1. The first-order valence-electron chi connectivity index (χ1n) is 7.14. The molecular weight excluding hydrogens is 389 g/mol. The van der Waals surface area contributed by atoms with Crippen molar-refractivity contribution in [2.45, 2.75) is 5.37 Å². The molecule has 2 heterocycles. The van der Waals surface area contributed by atoms with Crippen LogP contribution in [0.4, 0.5) is 0 Å². The molecule has 1 aliphatic rings. The van der Waals surface area contributed by atoms with Crippen molar-refractivity contribution in [1.82, 2.24) is 4.90 Å². The monoisotopic (exact) mass is 403 g/mol. The van der Waals surface area contributed by atoms with E-state index in [1.54, 1.807) is 32.0 Å². The van der Waals surface area contributed by atoms with Crippen LogP contribution < -0.4 is 9.47 Å². The van der Waals surface area contributed by atoms with Gasteiger partial charge in [0.25, 0.3) is 5.91 Å². The molecule has 2 aromatic rings. The van der Waals surface area contributed by atoms with E-state index >= 15 is 0 Å². The molecule has 1 aromatic heterocycles. The Morgan fingerprint density at radius 3 is 2.58 bits per heavy atom. The Bertz CT molecular complexity index is 766. The Labute approximate surface area is 158 Å². The Balaban J connectivity index is 1.91. The lowest BCUT2D eigenvalue weighted by Crippen LogP contribution is -2.30. The van der Waals surface area contributed by atoms with Crippen molar-refractivity contribution in [2.75, 3.05) is 26.5 Å². The number of carbonyl (C=O) groups excluding carboxylic acids is 1. The van der Waals surface area contributed by atoms with E-state index in [1.165, 1.54) is 11.3 Å². The predicted octanol–water partition coefficient (Wildman–Crippen LogP) is 4.96. The second-order valence-corrected chi connectivity index (χ2v) is 8.55. The van der Waals surface area contributed by atoms with Gasteiger partial charge < -0.3 is 14.4 Å². The van der Waals surface area contributed by atoms with E-state index in [9.17, 15) is 4.79 Å². The third kappa shape index (κ3) is 3.33. The van der Waals surface area contributed by atoms with E-state index in [4.69, 9.17) is 32.7 Å². The Morgan fingerprint density at radius 2 is 1.96 bits per heavy atom. The van der Waals surface area contributed by atoms with Gasteiger partial charge in [-0.3, -0.25) is 4.79 Å². The van der Waals surface area contributed by atoms with E-state index in [0.29, 0.717) is 32.3 Å². The van der Waals surface area contributed by atoms with Crippen LogP contribution in [0.3, 0.4) is 0 Å². The van der Waals surface area contributed by atoms with Crippen molar-refractivity contribution in [3.05, 3.63) is 44.1 Å². The van der Waals surface area contributed by atoms with Gasteiger partial charge in [-0.15, -0.1) is 23.1 Å². The van der Waals surface area contributed by atoms with Crippen molar-refractivity contribution < 1.29 is 14.3 Å². The van der Waals surface area contributed by atoms with Crippen molar-refractivity contribution in [3.8, 4) is 11.5 Å². The molecule has 0 bridgehead atoms. The average molecular weight is 404 g/mol. The molecule has 3 rings (SSSR count). The number of thiophene rings is 1. The molecule has 1 saturated heterocycles. The molecule has 4 nitrogen and oxygen atoms in total. The molecule has 0 saturated carbocycles. The molecule has 0 N–H and O–H groups in total.